The number of ether oxygens (including phenoxy) is 3. The van der Waals surface area contributed by atoms with Crippen LogP contribution in [-0.4, -0.2) is 35.1 Å². The number of rotatable bonds is 7. The average Bonchev–Trinajstić information content (AvgIpc) is 3.17. The Morgan fingerprint density at radius 2 is 2.00 bits per heavy atom. The summed E-state index contributed by atoms with van der Waals surface area (Å²) < 4.78 is 16.3. The van der Waals surface area contributed by atoms with E-state index in [9.17, 15) is 10.1 Å². The van der Waals surface area contributed by atoms with Crippen molar-refractivity contribution in [1.82, 2.24) is 15.0 Å². The van der Waals surface area contributed by atoms with E-state index >= 15 is 0 Å². The molecule has 3 aromatic heterocycles. The van der Waals surface area contributed by atoms with Crippen molar-refractivity contribution >= 4 is 33.1 Å². The maximum atomic E-state index is 13.1. The lowest BCUT2D eigenvalue weighted by Crippen LogP contribution is -2.12. The van der Waals surface area contributed by atoms with Crippen LogP contribution in [0, 0.1) is 25.2 Å². The molecule has 0 saturated carbocycles. The van der Waals surface area contributed by atoms with Gasteiger partial charge in [-0.1, -0.05) is 0 Å². The van der Waals surface area contributed by atoms with E-state index in [1.165, 1.54) is 18.4 Å². The summed E-state index contributed by atoms with van der Waals surface area (Å²) in [6, 6.07) is 10.6. The number of nitrogens with one attached hydrogen (secondary N) is 1. The van der Waals surface area contributed by atoms with Gasteiger partial charge in [-0.05, 0) is 55.3 Å². The van der Waals surface area contributed by atoms with Gasteiger partial charge in [0.05, 0.1) is 17.4 Å². The van der Waals surface area contributed by atoms with E-state index < -0.39 is 0 Å². The first-order valence-electron chi connectivity index (χ1n) is 10.2. The first-order chi connectivity index (χ1) is 16.4. The molecule has 1 aromatic carbocycles. The molecule has 10 heteroatoms. The number of carbonyl (C=O) groups excluding carboxylic acids is 1. The van der Waals surface area contributed by atoms with Crippen LogP contribution in [0.25, 0.3) is 10.2 Å². The minimum atomic E-state index is -0.260. The van der Waals surface area contributed by atoms with Crippen LogP contribution < -0.4 is 14.8 Å². The van der Waals surface area contributed by atoms with Crippen LogP contribution in [0.2, 0.25) is 0 Å². The van der Waals surface area contributed by atoms with Gasteiger partial charge in [-0.3, -0.25) is 4.79 Å². The van der Waals surface area contributed by atoms with Crippen molar-refractivity contribution < 1.29 is 19.0 Å². The van der Waals surface area contributed by atoms with Gasteiger partial charge >= 0.3 is 0 Å². The Morgan fingerprint density at radius 3 is 2.71 bits per heavy atom. The zero-order valence-corrected chi connectivity index (χ0v) is 19.8. The summed E-state index contributed by atoms with van der Waals surface area (Å²) in [5.74, 6) is 1.37. The van der Waals surface area contributed by atoms with E-state index in [4.69, 9.17) is 14.2 Å². The van der Waals surface area contributed by atoms with Gasteiger partial charge < -0.3 is 19.5 Å². The number of methoxy groups -OCH3 is 2. The molecule has 0 spiro atoms. The number of amides is 1. The van der Waals surface area contributed by atoms with Crippen LogP contribution in [0.15, 0.2) is 36.5 Å². The summed E-state index contributed by atoms with van der Waals surface area (Å²) in [6.45, 7) is 3.95. The van der Waals surface area contributed by atoms with E-state index in [1.54, 1.807) is 43.6 Å². The SMILES string of the molecule is COCc1nc(OC)c2c(C)c(C(=O)Nc3ccc(Oc4ncccc4C#N)cc3C)sc2n1. The van der Waals surface area contributed by atoms with Crippen molar-refractivity contribution in [2.75, 3.05) is 19.5 Å². The Balaban J connectivity index is 1.59. The lowest BCUT2D eigenvalue weighted by atomic mass is 10.1. The summed E-state index contributed by atoms with van der Waals surface area (Å²) in [5, 5.41) is 12.9. The standard InChI is InChI=1S/C24H21N5O4S/c1-13-10-16(33-22-15(11-25)6-5-9-26-22)7-8-17(13)27-21(30)20-14(2)19-23(32-4)28-18(12-31-3)29-24(19)34-20/h5-10H,12H2,1-4H3,(H,27,30). The first kappa shape index (κ1) is 23.1. The molecule has 0 fully saturated rings. The zero-order chi connectivity index (χ0) is 24.2. The van der Waals surface area contributed by atoms with Crippen molar-refractivity contribution in [3.8, 4) is 23.6 Å². The van der Waals surface area contributed by atoms with Crippen molar-refractivity contribution in [1.29, 1.82) is 5.26 Å². The predicted octanol–water partition coefficient (Wildman–Crippen LogP) is 4.77. The fourth-order valence-electron chi connectivity index (χ4n) is 3.39. The normalized spacial score (nSPS) is 10.7. The summed E-state index contributed by atoms with van der Waals surface area (Å²) in [7, 11) is 3.10. The summed E-state index contributed by atoms with van der Waals surface area (Å²) in [5.41, 5.74) is 2.51. The summed E-state index contributed by atoms with van der Waals surface area (Å²) >= 11 is 1.27. The molecule has 0 bridgehead atoms. The van der Waals surface area contributed by atoms with E-state index in [2.05, 4.69) is 26.3 Å². The van der Waals surface area contributed by atoms with Gasteiger partial charge in [-0.2, -0.15) is 10.2 Å². The highest BCUT2D eigenvalue weighted by atomic mass is 32.1. The van der Waals surface area contributed by atoms with Gasteiger partial charge in [0.25, 0.3) is 5.91 Å². The van der Waals surface area contributed by atoms with Crippen molar-refractivity contribution in [2.24, 2.45) is 0 Å². The topological polar surface area (TPSA) is 119 Å². The van der Waals surface area contributed by atoms with E-state index in [1.807, 2.05) is 13.8 Å². The number of aryl methyl sites for hydroxylation is 2. The fraction of sp³-hybridized carbons (Fsp3) is 0.208. The minimum absolute atomic E-state index is 0.227. The van der Waals surface area contributed by atoms with Crippen molar-refractivity contribution in [2.45, 2.75) is 20.5 Å². The molecule has 3 heterocycles. The van der Waals surface area contributed by atoms with Gasteiger partial charge in [-0.25, -0.2) is 9.97 Å². The Hall–Kier alpha value is -4.07. The lowest BCUT2D eigenvalue weighted by molar-refractivity contribution is 0.103. The second-order valence-electron chi connectivity index (χ2n) is 7.32. The molecule has 4 rings (SSSR count). The molecule has 0 unspecified atom stereocenters. The van der Waals surface area contributed by atoms with Crippen LogP contribution in [0.1, 0.15) is 32.2 Å². The molecule has 34 heavy (non-hydrogen) atoms. The van der Waals surface area contributed by atoms with Crippen molar-refractivity contribution in [3.63, 3.8) is 0 Å². The lowest BCUT2D eigenvalue weighted by Gasteiger charge is -2.11. The van der Waals surface area contributed by atoms with Crippen LogP contribution in [0.3, 0.4) is 0 Å². The molecule has 0 aliphatic carbocycles. The Bertz CT molecular complexity index is 1430. The molecule has 0 atom stereocenters. The zero-order valence-electron chi connectivity index (χ0n) is 19.0. The monoisotopic (exact) mass is 475 g/mol. The van der Waals surface area contributed by atoms with E-state index in [0.29, 0.717) is 43.8 Å². The third-order valence-corrected chi connectivity index (χ3v) is 6.21. The number of carbonyl (C=O) groups is 1. The van der Waals surface area contributed by atoms with Gasteiger partial charge in [-0.15, -0.1) is 11.3 Å². The molecular weight excluding hydrogens is 454 g/mol. The van der Waals surface area contributed by atoms with Crippen molar-refractivity contribution in [3.05, 3.63) is 63.9 Å². The quantitative estimate of drug-likeness (QED) is 0.406. The van der Waals surface area contributed by atoms with Crippen LogP contribution in [-0.2, 0) is 11.3 Å². The number of hydrogen-bond donors (Lipinski definition) is 1. The van der Waals surface area contributed by atoms with Gasteiger partial charge in [0.1, 0.15) is 28.8 Å². The summed E-state index contributed by atoms with van der Waals surface area (Å²) in [6.07, 6.45) is 1.56. The number of anilines is 1. The highest BCUT2D eigenvalue weighted by molar-refractivity contribution is 7.20. The highest BCUT2D eigenvalue weighted by Crippen LogP contribution is 2.36. The number of benzene rings is 1. The smallest absolute Gasteiger partial charge is 0.266 e. The molecule has 1 amide bonds. The second-order valence-corrected chi connectivity index (χ2v) is 8.32. The summed E-state index contributed by atoms with van der Waals surface area (Å²) in [4.78, 5) is 27.3. The minimum Gasteiger partial charge on any atom is -0.480 e. The number of hydrogen-bond acceptors (Lipinski definition) is 9. The van der Waals surface area contributed by atoms with Gasteiger partial charge in [0.15, 0.2) is 5.82 Å². The number of fused-ring (bicyclic) bond motifs is 1. The molecule has 9 nitrogen and oxygen atoms in total. The Kier molecular flexibility index (Phi) is 6.67. The van der Waals surface area contributed by atoms with Crippen LogP contribution >= 0.6 is 11.3 Å². The number of nitrogens with zero attached hydrogens (tertiary/aromatic N) is 4. The highest BCUT2D eigenvalue weighted by Gasteiger charge is 2.22. The molecule has 0 saturated heterocycles. The molecule has 4 aromatic rings. The second kappa shape index (κ2) is 9.82. The Morgan fingerprint density at radius 1 is 1.18 bits per heavy atom. The maximum absolute atomic E-state index is 13.1. The maximum Gasteiger partial charge on any atom is 0.266 e. The fourth-order valence-corrected chi connectivity index (χ4v) is 4.48. The average molecular weight is 476 g/mol. The van der Waals surface area contributed by atoms with Crippen LogP contribution in [0.4, 0.5) is 5.69 Å². The van der Waals surface area contributed by atoms with Gasteiger partial charge in [0, 0.05) is 19.0 Å². The number of pyridine rings is 1. The largest absolute Gasteiger partial charge is 0.480 e. The molecular formula is C24H21N5O4S. The van der Waals surface area contributed by atoms with Gasteiger partial charge in [0.2, 0.25) is 11.8 Å². The first-order valence-corrected chi connectivity index (χ1v) is 11.0. The predicted molar refractivity (Wildman–Crippen MR) is 128 cm³/mol. The van der Waals surface area contributed by atoms with E-state index in [-0.39, 0.29) is 18.4 Å². The number of nitriles is 1. The molecule has 0 radical (unpaired) electrons. The third kappa shape index (κ3) is 4.52. The van der Waals surface area contributed by atoms with Crippen LogP contribution in [0.5, 0.6) is 17.5 Å². The molecule has 0 aliphatic heterocycles. The molecule has 1 N–H and O–H groups in total. The molecule has 0 aliphatic rings. The Labute approximate surface area is 200 Å². The number of aromatic nitrogens is 3. The van der Waals surface area contributed by atoms with E-state index in [0.717, 1.165) is 11.1 Å². The number of thiophene rings is 1. The third-order valence-electron chi connectivity index (χ3n) is 5.03. The molecule has 172 valence electrons.